The van der Waals surface area contributed by atoms with Crippen molar-refractivity contribution in [2.45, 2.75) is 68.3 Å². The summed E-state index contributed by atoms with van der Waals surface area (Å²) in [6.45, 7) is 0.769. The maximum Gasteiger partial charge on any atom is 0.229 e. The Bertz CT molecular complexity index is 1470. The maximum absolute atomic E-state index is 13.0. The summed E-state index contributed by atoms with van der Waals surface area (Å²) in [5, 5.41) is 90.5. The van der Waals surface area contributed by atoms with Crippen molar-refractivity contribution in [2.75, 3.05) is 6.61 Å². The van der Waals surface area contributed by atoms with E-state index in [1.54, 1.807) is 0 Å². The van der Waals surface area contributed by atoms with E-state index in [4.69, 9.17) is 23.4 Å². The van der Waals surface area contributed by atoms with E-state index in [0.29, 0.717) is 5.56 Å². The van der Waals surface area contributed by atoms with E-state index in [2.05, 4.69) is 0 Å². The third kappa shape index (κ3) is 5.37. The molecule has 0 saturated carbocycles. The highest BCUT2D eigenvalue weighted by Gasteiger charge is 2.45. The number of hydrogen-bond donors (Lipinski definition) is 9. The lowest BCUT2D eigenvalue weighted by molar-refractivity contribution is -0.277. The highest BCUT2D eigenvalue weighted by atomic mass is 16.7. The molecule has 5 rings (SSSR count). The van der Waals surface area contributed by atoms with E-state index in [9.17, 15) is 50.8 Å². The Balaban J connectivity index is 1.46. The molecule has 0 spiro atoms. The minimum Gasteiger partial charge on any atom is -0.507 e. The topological polar surface area (TPSA) is 249 Å². The van der Waals surface area contributed by atoms with E-state index in [1.165, 1.54) is 31.2 Å². The zero-order valence-electron chi connectivity index (χ0n) is 21.9. The van der Waals surface area contributed by atoms with Crippen LogP contribution < -0.4 is 14.9 Å². The van der Waals surface area contributed by atoms with Gasteiger partial charge in [0.2, 0.25) is 18.3 Å². The molecule has 0 amide bonds. The first kappa shape index (κ1) is 30.0. The molecule has 2 aliphatic rings. The van der Waals surface area contributed by atoms with E-state index >= 15 is 0 Å². The van der Waals surface area contributed by atoms with Crippen LogP contribution in [0.5, 0.6) is 23.0 Å². The monoisotopic (exact) mass is 594 g/mol. The molecule has 0 bridgehead atoms. The second-order valence-electron chi connectivity index (χ2n) is 10.1. The second kappa shape index (κ2) is 11.6. The van der Waals surface area contributed by atoms with Gasteiger partial charge in [-0.1, -0.05) is 0 Å². The van der Waals surface area contributed by atoms with E-state index in [1.807, 2.05) is 0 Å². The van der Waals surface area contributed by atoms with Crippen molar-refractivity contribution in [3.05, 3.63) is 46.6 Å². The molecule has 3 heterocycles. The summed E-state index contributed by atoms with van der Waals surface area (Å²) >= 11 is 0. The fraction of sp³-hybridized carbons (Fsp3) is 0.444. The van der Waals surface area contributed by atoms with Crippen LogP contribution in [0.1, 0.15) is 6.92 Å². The molecule has 1 aromatic heterocycles. The van der Waals surface area contributed by atoms with Gasteiger partial charge >= 0.3 is 0 Å². The number of benzene rings is 2. The number of rotatable bonds is 6. The summed E-state index contributed by atoms with van der Waals surface area (Å²) in [6, 6.07) is 7.73. The zero-order chi connectivity index (χ0) is 30.5. The summed E-state index contributed by atoms with van der Waals surface area (Å²) < 4.78 is 27.7. The minimum absolute atomic E-state index is 0.0520. The number of fused-ring (bicyclic) bond motifs is 1. The highest BCUT2D eigenvalue weighted by Crippen LogP contribution is 2.42. The van der Waals surface area contributed by atoms with Crippen LogP contribution in [0.15, 0.2) is 45.6 Å². The first-order valence-corrected chi connectivity index (χ1v) is 12.9. The lowest BCUT2D eigenvalue weighted by atomic mass is 9.99. The Morgan fingerprint density at radius 2 is 1.38 bits per heavy atom. The number of hydrogen-bond acceptors (Lipinski definition) is 15. The van der Waals surface area contributed by atoms with Crippen molar-refractivity contribution in [1.82, 2.24) is 0 Å². The Kier molecular flexibility index (Phi) is 8.30. The van der Waals surface area contributed by atoms with Crippen molar-refractivity contribution in [2.24, 2.45) is 0 Å². The van der Waals surface area contributed by atoms with Crippen LogP contribution >= 0.6 is 0 Å². The SMILES string of the molecule is C[C@@H]1O[C@@H](Oc2ccc(-c3cc(=O)c4c(O)cc(O)c(O[C@@H]5O[C@H](CO)[C@@H](O)[C@H](O)[C@H]5O)c4o3)cc2)[C@H](O)[C@H](O)[C@H]1O. The molecule has 10 atom stereocenters. The Morgan fingerprint density at radius 3 is 2.02 bits per heavy atom. The minimum atomic E-state index is -1.84. The van der Waals surface area contributed by atoms with Crippen LogP contribution in [0.25, 0.3) is 22.3 Å². The van der Waals surface area contributed by atoms with Crippen molar-refractivity contribution in [1.29, 1.82) is 0 Å². The molecule has 42 heavy (non-hydrogen) atoms. The number of phenols is 2. The first-order valence-electron chi connectivity index (χ1n) is 12.9. The number of aliphatic hydroxyl groups excluding tert-OH is 7. The first-order chi connectivity index (χ1) is 19.9. The second-order valence-corrected chi connectivity index (χ2v) is 10.1. The van der Waals surface area contributed by atoms with Crippen LogP contribution in [0, 0.1) is 0 Å². The molecule has 0 aliphatic carbocycles. The Hall–Kier alpha value is -3.51. The molecule has 2 aliphatic heterocycles. The summed E-state index contributed by atoms with van der Waals surface area (Å²) in [7, 11) is 0. The molecule has 15 heteroatoms. The Labute approximate surface area is 236 Å². The van der Waals surface area contributed by atoms with Gasteiger partial charge in [0.1, 0.15) is 65.4 Å². The van der Waals surface area contributed by atoms with Gasteiger partial charge in [-0.15, -0.1) is 0 Å². The van der Waals surface area contributed by atoms with Gasteiger partial charge in [-0.05, 0) is 31.2 Å². The standard InChI is InChI=1S/C27H30O15/c1-9-18(32)20(34)22(36)26(38-9)39-11-4-2-10(3-5-11)15-7-13(30)17-12(29)6-14(31)24(25(17)40-15)42-27-23(37)21(35)19(33)16(8-28)41-27/h2-7,9,16,18-23,26-29,31-37H,8H2,1H3/t9-,16+,18-,19+,20+,21-,22+,23+,26-,27-/m0/s1. The molecule has 0 unspecified atom stereocenters. The van der Waals surface area contributed by atoms with Crippen molar-refractivity contribution >= 4 is 11.0 Å². The average Bonchev–Trinajstić information content (AvgIpc) is 2.96. The molecule has 0 radical (unpaired) electrons. The van der Waals surface area contributed by atoms with Gasteiger partial charge in [-0.2, -0.15) is 0 Å². The summed E-state index contributed by atoms with van der Waals surface area (Å²) in [4.78, 5) is 13.0. The highest BCUT2D eigenvalue weighted by molar-refractivity contribution is 5.91. The lowest BCUT2D eigenvalue weighted by Gasteiger charge is -2.39. The molecule has 9 N–H and O–H groups in total. The van der Waals surface area contributed by atoms with Gasteiger partial charge in [0.15, 0.2) is 16.8 Å². The lowest BCUT2D eigenvalue weighted by Crippen LogP contribution is -2.60. The van der Waals surface area contributed by atoms with Crippen molar-refractivity contribution in [3.63, 3.8) is 0 Å². The molecule has 228 valence electrons. The summed E-state index contributed by atoms with van der Waals surface area (Å²) in [5.74, 6) is -1.74. The van der Waals surface area contributed by atoms with Crippen molar-refractivity contribution in [3.8, 4) is 34.3 Å². The third-order valence-corrected chi connectivity index (χ3v) is 7.20. The fourth-order valence-corrected chi connectivity index (χ4v) is 4.76. The normalized spacial score (nSPS) is 33.4. The van der Waals surface area contributed by atoms with Crippen LogP contribution in [-0.4, -0.2) is 114 Å². The van der Waals surface area contributed by atoms with Gasteiger partial charge in [-0.25, -0.2) is 0 Å². The van der Waals surface area contributed by atoms with Gasteiger partial charge in [0.25, 0.3) is 0 Å². The quantitative estimate of drug-likeness (QED) is 0.154. The van der Waals surface area contributed by atoms with Gasteiger partial charge in [0.05, 0.1) is 12.7 Å². The smallest absolute Gasteiger partial charge is 0.229 e. The number of phenolic OH excluding ortho intramolecular Hbond substituents is 2. The van der Waals surface area contributed by atoms with Crippen LogP contribution in [0.4, 0.5) is 0 Å². The van der Waals surface area contributed by atoms with E-state index in [-0.39, 0.29) is 16.9 Å². The molecule has 3 aromatic rings. The largest absolute Gasteiger partial charge is 0.507 e. The molecular formula is C27H30O15. The van der Waals surface area contributed by atoms with Crippen LogP contribution in [-0.2, 0) is 9.47 Å². The summed E-state index contributed by atoms with van der Waals surface area (Å²) in [6.07, 6.45) is -14.8. The predicted octanol–water partition coefficient (Wildman–Crippen LogP) is -1.74. The fourth-order valence-electron chi connectivity index (χ4n) is 4.76. The third-order valence-electron chi connectivity index (χ3n) is 7.20. The number of aromatic hydroxyl groups is 2. The molecular weight excluding hydrogens is 564 g/mol. The van der Waals surface area contributed by atoms with Crippen LogP contribution in [0.3, 0.4) is 0 Å². The average molecular weight is 595 g/mol. The van der Waals surface area contributed by atoms with Gasteiger partial charge in [-0.3, -0.25) is 4.79 Å². The van der Waals surface area contributed by atoms with E-state index in [0.717, 1.165) is 12.1 Å². The molecule has 2 aromatic carbocycles. The zero-order valence-corrected chi connectivity index (χ0v) is 21.9. The molecule has 2 fully saturated rings. The van der Waals surface area contributed by atoms with Crippen LogP contribution in [0.2, 0.25) is 0 Å². The molecule has 2 saturated heterocycles. The van der Waals surface area contributed by atoms with Crippen molar-refractivity contribution < 1.29 is 69.3 Å². The Morgan fingerprint density at radius 1 is 0.762 bits per heavy atom. The van der Waals surface area contributed by atoms with E-state index < -0.39 is 96.3 Å². The number of ether oxygens (including phenoxy) is 4. The maximum atomic E-state index is 13.0. The van der Waals surface area contributed by atoms with Gasteiger partial charge < -0.3 is 69.3 Å². The van der Waals surface area contributed by atoms with Gasteiger partial charge in [0, 0.05) is 17.7 Å². The summed E-state index contributed by atoms with van der Waals surface area (Å²) in [5.41, 5.74) is -0.854. The number of aliphatic hydroxyl groups is 7. The molecule has 15 nitrogen and oxygen atoms in total. The predicted molar refractivity (Wildman–Crippen MR) is 139 cm³/mol.